The van der Waals surface area contributed by atoms with Crippen LogP contribution in [-0.2, 0) is 4.79 Å². The molecule has 0 radical (unpaired) electrons. The summed E-state index contributed by atoms with van der Waals surface area (Å²) >= 11 is 0. The Hall–Kier alpha value is -0.820. The van der Waals surface area contributed by atoms with Gasteiger partial charge >= 0.3 is 6.18 Å². The van der Waals surface area contributed by atoms with Gasteiger partial charge in [-0.25, -0.2) is 0 Å². The van der Waals surface area contributed by atoms with Crippen molar-refractivity contribution >= 4 is 5.91 Å². The average molecular weight is 267 g/mol. The number of hydrogen-bond donors (Lipinski definition) is 2. The van der Waals surface area contributed by atoms with Gasteiger partial charge in [-0.15, -0.1) is 0 Å². The zero-order chi connectivity index (χ0) is 14.0. The van der Waals surface area contributed by atoms with E-state index in [1.165, 1.54) is 0 Å². The molecule has 0 aromatic heterocycles. The Kier molecular flexibility index (Phi) is 4.61. The molecule has 1 saturated heterocycles. The molecule has 2 atom stereocenters. The van der Waals surface area contributed by atoms with E-state index >= 15 is 0 Å². The Morgan fingerprint density at radius 1 is 1.50 bits per heavy atom. The average Bonchev–Trinajstić information content (AvgIpc) is 2.63. The molecule has 1 heterocycles. The van der Waals surface area contributed by atoms with Gasteiger partial charge in [-0.3, -0.25) is 4.79 Å². The van der Waals surface area contributed by atoms with Crippen molar-refractivity contribution in [1.82, 2.24) is 15.5 Å². The van der Waals surface area contributed by atoms with E-state index in [2.05, 4.69) is 10.6 Å². The third-order valence-electron chi connectivity index (χ3n) is 3.15. The van der Waals surface area contributed by atoms with Gasteiger partial charge in [-0.2, -0.15) is 13.2 Å². The highest BCUT2D eigenvalue weighted by atomic mass is 19.4. The van der Waals surface area contributed by atoms with Crippen LogP contribution < -0.4 is 10.6 Å². The Labute approximate surface area is 105 Å². The topological polar surface area (TPSA) is 44.4 Å². The van der Waals surface area contributed by atoms with Gasteiger partial charge in [0.25, 0.3) is 0 Å². The summed E-state index contributed by atoms with van der Waals surface area (Å²) < 4.78 is 39.2. The van der Waals surface area contributed by atoms with E-state index in [0.29, 0.717) is 6.54 Å². The molecule has 0 bridgehead atoms. The van der Waals surface area contributed by atoms with Crippen molar-refractivity contribution in [1.29, 1.82) is 0 Å². The predicted octanol–water partition coefficient (Wildman–Crippen LogP) is 0.595. The largest absolute Gasteiger partial charge is 0.404 e. The highest BCUT2D eigenvalue weighted by Crippen LogP contribution is 2.43. The molecule has 7 heteroatoms. The number of rotatable bonds is 4. The second-order valence-electron chi connectivity index (χ2n) is 5.14. The number of amides is 1. The highest BCUT2D eigenvalue weighted by molar-refractivity contribution is 5.84. The third kappa shape index (κ3) is 3.14. The van der Waals surface area contributed by atoms with Gasteiger partial charge in [0.2, 0.25) is 5.91 Å². The molecule has 1 fully saturated rings. The van der Waals surface area contributed by atoms with Gasteiger partial charge in [0, 0.05) is 19.1 Å². The van der Waals surface area contributed by atoms with Crippen LogP contribution in [0.15, 0.2) is 0 Å². The highest BCUT2D eigenvalue weighted by Gasteiger charge is 2.61. The van der Waals surface area contributed by atoms with E-state index in [1.54, 1.807) is 21.0 Å². The first-order valence-electron chi connectivity index (χ1n) is 5.92. The molecule has 18 heavy (non-hydrogen) atoms. The van der Waals surface area contributed by atoms with Crippen molar-refractivity contribution < 1.29 is 18.0 Å². The van der Waals surface area contributed by atoms with Crippen LogP contribution in [0, 0.1) is 5.41 Å². The number of nitrogens with zero attached hydrogens (tertiary/aromatic N) is 1. The van der Waals surface area contributed by atoms with Crippen LogP contribution in [0.2, 0.25) is 0 Å². The lowest BCUT2D eigenvalue weighted by Gasteiger charge is -2.31. The summed E-state index contributed by atoms with van der Waals surface area (Å²) in [5, 5.41) is 5.08. The van der Waals surface area contributed by atoms with Gasteiger partial charge in [-0.05, 0) is 34.0 Å². The fourth-order valence-corrected chi connectivity index (χ4v) is 2.21. The summed E-state index contributed by atoms with van der Waals surface area (Å²) in [6, 6.07) is -0.313. The van der Waals surface area contributed by atoms with Gasteiger partial charge in [0.15, 0.2) is 5.41 Å². The zero-order valence-corrected chi connectivity index (χ0v) is 10.9. The van der Waals surface area contributed by atoms with Crippen LogP contribution in [0.25, 0.3) is 0 Å². The lowest BCUT2D eigenvalue weighted by atomic mass is 9.85. The lowest BCUT2D eigenvalue weighted by molar-refractivity contribution is -0.216. The van der Waals surface area contributed by atoms with Crippen LogP contribution in [0.3, 0.4) is 0 Å². The molecule has 4 nitrogen and oxygen atoms in total. The SMILES string of the molecule is CC(CN(C)C)NC(=O)C1(C(F)(F)F)CCNC1. The monoisotopic (exact) mass is 267 g/mol. The smallest absolute Gasteiger partial charge is 0.352 e. The Morgan fingerprint density at radius 2 is 2.11 bits per heavy atom. The van der Waals surface area contributed by atoms with E-state index in [1.807, 2.05) is 4.90 Å². The van der Waals surface area contributed by atoms with Crippen molar-refractivity contribution in [2.24, 2.45) is 5.41 Å². The second kappa shape index (κ2) is 5.44. The molecular formula is C11H20F3N3O. The first kappa shape index (κ1) is 15.2. The summed E-state index contributed by atoms with van der Waals surface area (Å²) in [7, 11) is 3.61. The third-order valence-corrected chi connectivity index (χ3v) is 3.15. The molecule has 2 unspecified atom stereocenters. The van der Waals surface area contributed by atoms with E-state index in [0.717, 1.165) is 0 Å². The molecule has 0 aromatic rings. The van der Waals surface area contributed by atoms with E-state index in [4.69, 9.17) is 0 Å². The summed E-state index contributed by atoms with van der Waals surface area (Å²) in [4.78, 5) is 13.7. The maximum Gasteiger partial charge on any atom is 0.404 e. The molecule has 0 spiro atoms. The Morgan fingerprint density at radius 3 is 2.50 bits per heavy atom. The molecule has 1 aliphatic heterocycles. The first-order valence-corrected chi connectivity index (χ1v) is 5.92. The number of hydrogen-bond acceptors (Lipinski definition) is 3. The summed E-state index contributed by atoms with van der Waals surface area (Å²) in [5.41, 5.74) is -2.27. The quantitative estimate of drug-likeness (QED) is 0.784. The summed E-state index contributed by atoms with van der Waals surface area (Å²) in [6.07, 6.45) is -4.71. The number of nitrogens with one attached hydrogen (secondary N) is 2. The van der Waals surface area contributed by atoms with E-state index in [-0.39, 0.29) is 25.6 Å². The minimum atomic E-state index is -4.52. The lowest BCUT2D eigenvalue weighted by Crippen LogP contribution is -2.55. The fourth-order valence-electron chi connectivity index (χ4n) is 2.21. The van der Waals surface area contributed by atoms with Gasteiger partial charge < -0.3 is 15.5 Å². The molecule has 2 N–H and O–H groups in total. The van der Waals surface area contributed by atoms with Gasteiger partial charge in [0.1, 0.15) is 0 Å². The Balaban J connectivity index is 2.73. The normalized spacial score (nSPS) is 26.4. The van der Waals surface area contributed by atoms with E-state index in [9.17, 15) is 18.0 Å². The maximum atomic E-state index is 13.1. The molecule has 1 amide bonds. The van der Waals surface area contributed by atoms with Crippen LogP contribution in [-0.4, -0.2) is 56.8 Å². The van der Waals surface area contributed by atoms with Crippen LogP contribution in [0.4, 0.5) is 13.2 Å². The zero-order valence-electron chi connectivity index (χ0n) is 10.9. The predicted molar refractivity (Wildman–Crippen MR) is 62.1 cm³/mol. The minimum absolute atomic E-state index is 0.197. The van der Waals surface area contributed by atoms with Crippen molar-refractivity contribution in [3.05, 3.63) is 0 Å². The Bertz CT molecular complexity index is 298. The molecule has 0 aliphatic carbocycles. The van der Waals surface area contributed by atoms with Crippen LogP contribution >= 0.6 is 0 Å². The van der Waals surface area contributed by atoms with E-state index < -0.39 is 17.5 Å². The van der Waals surface area contributed by atoms with Crippen molar-refractivity contribution in [2.45, 2.75) is 25.6 Å². The summed E-state index contributed by atoms with van der Waals surface area (Å²) in [5.74, 6) is -0.922. The number of carbonyl (C=O) groups excluding carboxylic acids is 1. The summed E-state index contributed by atoms with van der Waals surface area (Å²) in [6.45, 7) is 2.09. The molecule has 1 aliphatic rings. The number of likely N-dealkylation sites (N-methyl/N-ethyl adjacent to an activating group) is 1. The fraction of sp³-hybridized carbons (Fsp3) is 0.909. The molecule has 1 rings (SSSR count). The van der Waals surface area contributed by atoms with Gasteiger partial charge in [-0.1, -0.05) is 0 Å². The van der Waals surface area contributed by atoms with Gasteiger partial charge in [0.05, 0.1) is 0 Å². The molecule has 0 saturated carbocycles. The first-order chi connectivity index (χ1) is 8.19. The van der Waals surface area contributed by atoms with Crippen LogP contribution in [0.5, 0.6) is 0 Å². The number of alkyl halides is 3. The maximum absolute atomic E-state index is 13.1. The second-order valence-corrected chi connectivity index (χ2v) is 5.14. The minimum Gasteiger partial charge on any atom is -0.352 e. The molecular weight excluding hydrogens is 247 g/mol. The molecule has 0 aromatic carbocycles. The van der Waals surface area contributed by atoms with Crippen molar-refractivity contribution in [3.8, 4) is 0 Å². The van der Waals surface area contributed by atoms with Crippen LogP contribution in [0.1, 0.15) is 13.3 Å². The standard InChI is InChI=1S/C11H20F3N3O/c1-8(6-17(2)3)16-9(18)10(11(12,13)14)4-5-15-7-10/h8,15H,4-7H2,1-3H3,(H,16,18). The number of carbonyl (C=O) groups is 1. The number of halogens is 3. The van der Waals surface area contributed by atoms with Crippen molar-refractivity contribution in [2.75, 3.05) is 33.7 Å². The molecule has 106 valence electrons. The van der Waals surface area contributed by atoms with Crippen molar-refractivity contribution in [3.63, 3.8) is 0 Å².